The first-order valence-corrected chi connectivity index (χ1v) is 10.7. The van der Waals surface area contributed by atoms with Crippen molar-refractivity contribution in [3.8, 4) is 11.5 Å². The van der Waals surface area contributed by atoms with E-state index in [1.54, 1.807) is 6.07 Å². The Kier molecular flexibility index (Phi) is 6.39. The van der Waals surface area contributed by atoms with Gasteiger partial charge >= 0.3 is 0 Å². The Labute approximate surface area is 187 Å². The van der Waals surface area contributed by atoms with Crippen LogP contribution in [0.5, 0.6) is 11.5 Å². The highest BCUT2D eigenvalue weighted by molar-refractivity contribution is 5.94. The molecule has 0 aliphatic carbocycles. The lowest BCUT2D eigenvalue weighted by Crippen LogP contribution is -2.40. The average molecular weight is 434 g/mol. The van der Waals surface area contributed by atoms with Crippen LogP contribution >= 0.6 is 0 Å². The number of aryl methyl sites for hydroxylation is 1. The van der Waals surface area contributed by atoms with Crippen LogP contribution in [0.15, 0.2) is 54.6 Å². The van der Waals surface area contributed by atoms with E-state index < -0.39 is 6.10 Å². The molecule has 1 aliphatic rings. The number of hydrogen-bond acceptors (Lipinski definition) is 7. The third kappa shape index (κ3) is 4.91. The number of aromatic nitrogens is 2. The van der Waals surface area contributed by atoms with Crippen LogP contribution in [0.25, 0.3) is 0 Å². The first-order valence-electron chi connectivity index (χ1n) is 10.7. The quantitative estimate of drug-likeness (QED) is 0.579. The maximum atomic E-state index is 12.6. The highest BCUT2D eigenvalue weighted by Crippen LogP contribution is 2.31. The van der Waals surface area contributed by atoms with Gasteiger partial charge in [0.15, 0.2) is 11.5 Å². The van der Waals surface area contributed by atoms with Crippen molar-refractivity contribution >= 4 is 29.0 Å². The van der Waals surface area contributed by atoms with Gasteiger partial charge < -0.3 is 25.0 Å². The molecule has 2 N–H and O–H groups in total. The number of nitrogens with zero attached hydrogens (tertiary/aromatic N) is 3. The van der Waals surface area contributed by atoms with Gasteiger partial charge in [0.1, 0.15) is 12.4 Å². The van der Waals surface area contributed by atoms with Crippen molar-refractivity contribution < 1.29 is 14.3 Å². The van der Waals surface area contributed by atoms with E-state index in [-0.39, 0.29) is 12.5 Å². The molecule has 0 radical (unpaired) electrons. The Morgan fingerprint density at radius 1 is 1.03 bits per heavy atom. The predicted molar refractivity (Wildman–Crippen MR) is 125 cm³/mol. The minimum atomic E-state index is -0.707. The number of amides is 1. The lowest BCUT2D eigenvalue weighted by Gasteiger charge is -2.25. The summed E-state index contributed by atoms with van der Waals surface area (Å²) in [6, 6.07) is 16.7. The molecule has 8 nitrogen and oxygen atoms in total. The highest BCUT2D eigenvalue weighted by Gasteiger charge is 2.27. The van der Waals surface area contributed by atoms with Gasteiger partial charge in [0.25, 0.3) is 5.91 Å². The molecule has 4 rings (SSSR count). The molecule has 1 atom stereocenters. The summed E-state index contributed by atoms with van der Waals surface area (Å²) >= 11 is 0. The molecule has 0 bridgehead atoms. The van der Waals surface area contributed by atoms with Gasteiger partial charge in [-0.2, -0.15) is 4.98 Å². The van der Waals surface area contributed by atoms with Crippen molar-refractivity contribution in [2.75, 3.05) is 35.2 Å². The molecular weight excluding hydrogens is 406 g/mol. The summed E-state index contributed by atoms with van der Waals surface area (Å²) in [6.45, 7) is 8.08. The first-order chi connectivity index (χ1) is 15.6. The lowest BCUT2D eigenvalue weighted by atomic mass is 10.2. The summed E-state index contributed by atoms with van der Waals surface area (Å²) in [4.78, 5) is 23.9. The molecule has 2 heterocycles. The fraction of sp³-hybridized carbons (Fsp3) is 0.292. The van der Waals surface area contributed by atoms with Crippen LogP contribution in [-0.4, -0.2) is 41.7 Å². The van der Waals surface area contributed by atoms with Crippen molar-refractivity contribution in [3.05, 3.63) is 60.3 Å². The Balaban J connectivity index is 1.39. The maximum Gasteiger partial charge on any atom is 0.269 e. The molecule has 0 saturated carbocycles. The zero-order chi connectivity index (χ0) is 22.5. The van der Waals surface area contributed by atoms with Gasteiger partial charge in [-0.15, -0.1) is 0 Å². The summed E-state index contributed by atoms with van der Waals surface area (Å²) in [5.41, 5.74) is 2.38. The second-order valence-electron chi connectivity index (χ2n) is 7.42. The average Bonchev–Trinajstić information content (AvgIpc) is 2.80. The van der Waals surface area contributed by atoms with E-state index in [9.17, 15) is 4.79 Å². The number of hydrogen-bond donors (Lipinski definition) is 2. The molecule has 0 saturated heterocycles. The molecule has 2 aromatic carbocycles. The van der Waals surface area contributed by atoms with E-state index in [2.05, 4.69) is 39.3 Å². The smallest absolute Gasteiger partial charge is 0.269 e. The topological polar surface area (TPSA) is 88.6 Å². The van der Waals surface area contributed by atoms with Crippen LogP contribution in [0.4, 0.5) is 23.1 Å². The molecule has 8 heteroatoms. The Hall–Kier alpha value is -3.81. The second-order valence-corrected chi connectivity index (χ2v) is 7.42. The summed E-state index contributed by atoms with van der Waals surface area (Å²) in [5, 5.41) is 6.11. The first kappa shape index (κ1) is 21.4. The molecule has 1 amide bonds. The monoisotopic (exact) mass is 433 g/mol. The lowest BCUT2D eigenvalue weighted by molar-refractivity contribution is -0.125. The molecule has 0 fully saturated rings. The van der Waals surface area contributed by atoms with Crippen molar-refractivity contribution in [3.63, 3.8) is 0 Å². The Bertz CT molecular complexity index is 1080. The van der Waals surface area contributed by atoms with Crippen LogP contribution in [0.3, 0.4) is 0 Å². The third-order valence-electron chi connectivity index (χ3n) is 5.14. The maximum absolute atomic E-state index is 12.6. The van der Waals surface area contributed by atoms with Gasteiger partial charge in [0, 0.05) is 36.2 Å². The van der Waals surface area contributed by atoms with Gasteiger partial charge in [-0.05, 0) is 57.2 Å². The molecule has 1 aliphatic heterocycles. The molecule has 32 heavy (non-hydrogen) atoms. The van der Waals surface area contributed by atoms with E-state index in [1.165, 1.54) is 0 Å². The van der Waals surface area contributed by atoms with Crippen LogP contribution < -0.4 is 25.0 Å². The Morgan fingerprint density at radius 3 is 2.44 bits per heavy atom. The van der Waals surface area contributed by atoms with E-state index in [0.717, 1.165) is 30.3 Å². The number of ether oxygens (including phenoxy) is 2. The second kappa shape index (κ2) is 9.55. The van der Waals surface area contributed by atoms with Crippen molar-refractivity contribution in [1.82, 2.24) is 9.97 Å². The SMILES string of the molecule is CCN(CC)c1cc(C)nc(Nc2ccc(NC(=O)[C@@H]3COc4ccccc4O3)cc2)n1. The van der Waals surface area contributed by atoms with Crippen molar-refractivity contribution in [1.29, 1.82) is 0 Å². The van der Waals surface area contributed by atoms with E-state index >= 15 is 0 Å². The number of para-hydroxylation sites is 2. The van der Waals surface area contributed by atoms with Crippen LogP contribution in [0, 0.1) is 6.92 Å². The predicted octanol–water partition coefficient (Wildman–Crippen LogP) is 4.15. The standard InChI is InChI=1S/C24H27N5O3/c1-4-29(5-2)22-14-16(3)25-24(28-22)27-18-12-10-17(11-13-18)26-23(30)21-15-31-19-8-6-7-9-20(19)32-21/h6-14,21H,4-5,15H2,1-3H3,(H,26,30)(H,25,27,28)/t21-/m0/s1. The van der Waals surface area contributed by atoms with Gasteiger partial charge in [0.2, 0.25) is 12.1 Å². The summed E-state index contributed by atoms with van der Waals surface area (Å²) in [6.07, 6.45) is -0.707. The number of carbonyl (C=O) groups excluding carboxylic acids is 1. The number of benzene rings is 2. The van der Waals surface area contributed by atoms with Crippen LogP contribution in [0.1, 0.15) is 19.5 Å². The number of fused-ring (bicyclic) bond motifs is 1. The van der Waals surface area contributed by atoms with Gasteiger partial charge in [0.05, 0.1) is 0 Å². The van der Waals surface area contributed by atoms with E-state index in [4.69, 9.17) is 9.47 Å². The molecule has 3 aromatic rings. The number of carbonyl (C=O) groups is 1. The van der Waals surface area contributed by atoms with Crippen LogP contribution in [0.2, 0.25) is 0 Å². The fourth-order valence-electron chi connectivity index (χ4n) is 3.45. The minimum absolute atomic E-state index is 0.169. The largest absolute Gasteiger partial charge is 0.485 e. The fourth-order valence-corrected chi connectivity index (χ4v) is 3.45. The highest BCUT2D eigenvalue weighted by atomic mass is 16.6. The molecule has 0 spiro atoms. The molecule has 1 aromatic heterocycles. The normalized spacial score (nSPS) is 14.5. The van der Waals surface area contributed by atoms with E-state index in [1.807, 2.05) is 55.5 Å². The summed E-state index contributed by atoms with van der Waals surface area (Å²) < 4.78 is 11.4. The van der Waals surface area contributed by atoms with Crippen molar-refractivity contribution in [2.24, 2.45) is 0 Å². The third-order valence-corrected chi connectivity index (χ3v) is 5.14. The van der Waals surface area contributed by atoms with Gasteiger partial charge in [-0.1, -0.05) is 12.1 Å². The number of rotatable bonds is 7. The summed E-state index contributed by atoms with van der Waals surface area (Å²) in [7, 11) is 0. The molecule has 0 unspecified atom stereocenters. The summed E-state index contributed by atoms with van der Waals surface area (Å²) in [5.74, 6) is 2.39. The zero-order valence-electron chi connectivity index (χ0n) is 18.5. The van der Waals surface area contributed by atoms with Gasteiger partial charge in [-0.25, -0.2) is 4.98 Å². The van der Waals surface area contributed by atoms with Crippen molar-refractivity contribution in [2.45, 2.75) is 26.9 Å². The molecule has 166 valence electrons. The molecular formula is C24H27N5O3. The van der Waals surface area contributed by atoms with Gasteiger partial charge in [-0.3, -0.25) is 4.79 Å². The van der Waals surface area contributed by atoms with E-state index in [0.29, 0.717) is 23.1 Å². The van der Waals surface area contributed by atoms with Crippen LogP contribution in [-0.2, 0) is 4.79 Å². The zero-order valence-corrected chi connectivity index (χ0v) is 18.5. The number of anilines is 4. The minimum Gasteiger partial charge on any atom is -0.485 e. The Morgan fingerprint density at radius 2 is 1.72 bits per heavy atom. The number of nitrogens with one attached hydrogen (secondary N) is 2.